The smallest absolute Gasteiger partial charge is 0.257 e. The van der Waals surface area contributed by atoms with Crippen LogP contribution in [0.3, 0.4) is 0 Å². The van der Waals surface area contributed by atoms with E-state index in [1.165, 1.54) is 6.33 Å². The first-order valence-electron chi connectivity index (χ1n) is 24.0. The lowest BCUT2D eigenvalue weighted by molar-refractivity contribution is -0.0852. The molecule has 6 rings (SSSR count). The summed E-state index contributed by atoms with van der Waals surface area (Å²) in [4.78, 5) is 11.9. The molecule has 22 nitrogen and oxygen atoms in total. The van der Waals surface area contributed by atoms with Crippen molar-refractivity contribution in [3.8, 4) is 28.8 Å². The average molecular weight is 966 g/mol. The molecule has 0 bridgehead atoms. The van der Waals surface area contributed by atoms with Gasteiger partial charge in [0.05, 0.1) is 136 Å². The summed E-state index contributed by atoms with van der Waals surface area (Å²) < 4.78 is 65.8. The van der Waals surface area contributed by atoms with Gasteiger partial charge in [-0.1, -0.05) is 6.07 Å². The van der Waals surface area contributed by atoms with Crippen molar-refractivity contribution in [1.82, 2.24) is 44.9 Å². The lowest BCUT2D eigenvalue weighted by Crippen LogP contribution is -2.51. The van der Waals surface area contributed by atoms with Gasteiger partial charge in [0.2, 0.25) is 5.95 Å². The van der Waals surface area contributed by atoms with Crippen molar-refractivity contribution in [3.05, 3.63) is 48.7 Å². The van der Waals surface area contributed by atoms with Crippen LogP contribution >= 0.6 is 0 Å². The molecule has 3 atom stereocenters. The third-order valence-corrected chi connectivity index (χ3v) is 11.3. The lowest BCUT2D eigenvalue weighted by atomic mass is 9.89. The van der Waals surface area contributed by atoms with Crippen molar-refractivity contribution in [1.29, 1.82) is 5.26 Å². The van der Waals surface area contributed by atoms with Crippen LogP contribution in [0.25, 0.3) is 11.1 Å². The van der Waals surface area contributed by atoms with E-state index < -0.39 is 0 Å². The molecule has 22 heteroatoms. The van der Waals surface area contributed by atoms with Crippen LogP contribution in [0.4, 0.5) is 11.6 Å². The van der Waals surface area contributed by atoms with Gasteiger partial charge in [-0.15, -0.1) is 10.2 Å². The van der Waals surface area contributed by atoms with Gasteiger partial charge in [0.15, 0.2) is 0 Å². The van der Waals surface area contributed by atoms with E-state index in [0.29, 0.717) is 141 Å². The van der Waals surface area contributed by atoms with Crippen molar-refractivity contribution in [3.63, 3.8) is 0 Å². The highest BCUT2D eigenvalue weighted by Crippen LogP contribution is 2.35. The Morgan fingerprint density at radius 1 is 0.739 bits per heavy atom. The van der Waals surface area contributed by atoms with E-state index in [1.807, 2.05) is 29.9 Å². The van der Waals surface area contributed by atoms with Gasteiger partial charge >= 0.3 is 0 Å². The van der Waals surface area contributed by atoms with E-state index in [9.17, 15) is 5.26 Å². The summed E-state index contributed by atoms with van der Waals surface area (Å²) in [5, 5.41) is 29.3. The maximum atomic E-state index is 9.77. The maximum Gasteiger partial charge on any atom is 0.257 e. The fraction of sp³-hybridized carbons (Fsp3) is 0.681. The van der Waals surface area contributed by atoms with Crippen molar-refractivity contribution in [2.75, 3.05) is 131 Å². The predicted octanol–water partition coefficient (Wildman–Crippen LogP) is 4.14. The van der Waals surface area contributed by atoms with Gasteiger partial charge in [-0.25, -0.2) is 14.6 Å². The quantitative estimate of drug-likeness (QED) is 0.0649. The Bertz CT molecular complexity index is 2020. The molecule has 380 valence electrons. The molecule has 0 radical (unpaired) electrons. The summed E-state index contributed by atoms with van der Waals surface area (Å²) in [7, 11) is 1.64. The molecule has 3 aromatic heterocycles. The number of methoxy groups -OCH3 is 1. The molecule has 1 aliphatic heterocycles. The summed E-state index contributed by atoms with van der Waals surface area (Å²) in [6.07, 6.45) is 11.3. The summed E-state index contributed by atoms with van der Waals surface area (Å²) in [6.45, 7) is 16.1. The van der Waals surface area contributed by atoms with E-state index in [-0.39, 0.29) is 31.0 Å². The van der Waals surface area contributed by atoms with Crippen LogP contribution in [-0.2, 0) is 49.2 Å². The Balaban J connectivity index is 0.911. The number of nitrogens with zero attached hydrogens (tertiary/aromatic N) is 10. The topological polar surface area (TPSA) is 228 Å². The van der Waals surface area contributed by atoms with Crippen LogP contribution < -0.4 is 14.8 Å². The Hall–Kier alpha value is -4.93. The van der Waals surface area contributed by atoms with Crippen LogP contribution in [0.1, 0.15) is 58.1 Å². The second kappa shape index (κ2) is 30.6. The van der Waals surface area contributed by atoms with E-state index in [4.69, 9.17) is 57.2 Å². The van der Waals surface area contributed by atoms with Gasteiger partial charge in [0.1, 0.15) is 36.5 Å². The minimum absolute atomic E-state index is 0.227. The molecule has 2 aliphatic rings. The lowest BCUT2D eigenvalue weighted by Gasteiger charge is -2.42. The fourth-order valence-electron chi connectivity index (χ4n) is 8.05. The molecule has 1 saturated carbocycles. The molecule has 69 heavy (non-hydrogen) atoms. The van der Waals surface area contributed by atoms with Crippen molar-refractivity contribution in [2.24, 2.45) is 0 Å². The largest absolute Gasteiger partial charge is 0.487 e. The molecular formula is C47H71N11O11. The van der Waals surface area contributed by atoms with Gasteiger partial charge in [0.25, 0.3) is 5.88 Å². The summed E-state index contributed by atoms with van der Waals surface area (Å²) >= 11 is 0. The third-order valence-electron chi connectivity index (χ3n) is 11.3. The van der Waals surface area contributed by atoms with E-state index in [0.717, 1.165) is 49.9 Å². The average Bonchev–Trinajstić information content (AvgIpc) is 4.02. The van der Waals surface area contributed by atoms with E-state index in [1.54, 1.807) is 30.3 Å². The number of aromatic nitrogens is 8. The number of benzene rings is 1. The van der Waals surface area contributed by atoms with Crippen molar-refractivity contribution >= 4 is 11.6 Å². The highest BCUT2D eigenvalue weighted by atomic mass is 16.6. The molecule has 0 amide bonds. The van der Waals surface area contributed by atoms with Crippen LogP contribution in [0, 0.1) is 11.3 Å². The van der Waals surface area contributed by atoms with Crippen molar-refractivity contribution in [2.45, 2.75) is 83.4 Å². The normalized spacial score (nSPS) is 19.1. The van der Waals surface area contributed by atoms with Gasteiger partial charge in [0, 0.05) is 44.2 Å². The van der Waals surface area contributed by atoms with Crippen LogP contribution in [0.2, 0.25) is 0 Å². The number of nitriles is 1. The molecule has 1 saturated heterocycles. The molecule has 4 aromatic rings. The second-order valence-corrected chi connectivity index (χ2v) is 16.8. The standard InChI is InChI=1S/C47H71N11O11/c1-36-31-56(32-37(2)68-36)42-7-9-43(10-8-42)58-34-44(52-47-49-29-41(30-50-47)39-5-6-40(28-48)45(27-39)69-38(3)33-57-35-51-54-55-57)46(53-58)67-26-25-66-24-23-65-22-21-64-20-19-63-18-17-62-16-15-61-14-13-60-12-11-59-4/h5-6,27,29-30,34-38,42-43H,7-26,31-33H2,1-4H3,(H,49,50,52)/t36-,37+,38-,42-,43-/m0/s1. The Morgan fingerprint density at radius 2 is 1.29 bits per heavy atom. The number of nitrogens with one attached hydrogen (secondary N) is 1. The Labute approximate surface area is 405 Å². The number of rotatable bonds is 34. The fourth-order valence-corrected chi connectivity index (χ4v) is 8.05. The van der Waals surface area contributed by atoms with Gasteiger partial charge in [-0.2, -0.15) is 5.26 Å². The number of hydrogen-bond donors (Lipinski definition) is 1. The minimum atomic E-state index is -0.295. The molecule has 1 aromatic carbocycles. The highest BCUT2D eigenvalue weighted by molar-refractivity contribution is 5.67. The van der Waals surface area contributed by atoms with Crippen LogP contribution in [0.5, 0.6) is 11.6 Å². The molecular weight excluding hydrogens is 895 g/mol. The maximum absolute atomic E-state index is 9.77. The number of ether oxygens (including phenoxy) is 11. The Morgan fingerprint density at radius 3 is 1.83 bits per heavy atom. The van der Waals surface area contributed by atoms with E-state index in [2.05, 4.69) is 55.6 Å². The highest BCUT2D eigenvalue weighted by Gasteiger charge is 2.32. The summed E-state index contributed by atoms with van der Waals surface area (Å²) in [5.74, 6) is 1.27. The summed E-state index contributed by atoms with van der Waals surface area (Å²) in [5.41, 5.74) is 2.62. The molecule has 0 unspecified atom stereocenters. The van der Waals surface area contributed by atoms with E-state index >= 15 is 0 Å². The van der Waals surface area contributed by atoms with Gasteiger partial charge in [-0.3, -0.25) is 9.58 Å². The van der Waals surface area contributed by atoms with Crippen LogP contribution in [0.15, 0.2) is 43.1 Å². The predicted molar refractivity (Wildman–Crippen MR) is 252 cm³/mol. The molecule has 1 aliphatic carbocycles. The first-order chi connectivity index (χ1) is 33.9. The monoisotopic (exact) mass is 966 g/mol. The zero-order valence-corrected chi connectivity index (χ0v) is 40.7. The zero-order valence-electron chi connectivity index (χ0n) is 40.7. The minimum Gasteiger partial charge on any atom is -0.487 e. The van der Waals surface area contributed by atoms with Crippen LogP contribution in [-0.4, -0.2) is 195 Å². The number of anilines is 2. The zero-order chi connectivity index (χ0) is 48.3. The molecule has 4 heterocycles. The molecule has 0 spiro atoms. The molecule has 2 fully saturated rings. The third kappa shape index (κ3) is 19.1. The first kappa shape index (κ1) is 53.4. The van der Waals surface area contributed by atoms with Gasteiger partial charge in [-0.05, 0) is 74.6 Å². The van der Waals surface area contributed by atoms with Crippen molar-refractivity contribution < 1.29 is 52.1 Å². The number of morpholine rings is 1. The number of tetrazole rings is 1. The number of hydrogen-bond acceptors (Lipinski definition) is 20. The first-order valence-corrected chi connectivity index (χ1v) is 24.0. The van der Waals surface area contributed by atoms with Gasteiger partial charge < -0.3 is 57.4 Å². The Kier molecular flexibility index (Phi) is 23.7. The second-order valence-electron chi connectivity index (χ2n) is 16.8. The SMILES string of the molecule is COCCOCCOCCOCCOCCOCCOCCOCCOc1nn([C@H]2CC[C@H](N3C[C@@H](C)O[C@@H](C)C3)CC2)cc1Nc1ncc(-c2ccc(C#N)c(O[C@@H](C)Cn3cnnn3)c2)cn1. The molecule has 1 N–H and O–H groups in total. The summed E-state index contributed by atoms with van der Waals surface area (Å²) in [6, 6.07) is 8.36.